The van der Waals surface area contributed by atoms with Crippen LogP contribution in [0.5, 0.6) is 0 Å². The Morgan fingerprint density at radius 3 is 2.52 bits per heavy atom. The van der Waals surface area contributed by atoms with Crippen LogP contribution >= 0.6 is 15.9 Å². The number of amides is 1. The van der Waals surface area contributed by atoms with Crippen molar-refractivity contribution >= 4 is 27.5 Å². The number of benzene rings is 2. The monoisotopic (exact) mass is 400 g/mol. The molecule has 0 saturated heterocycles. The third-order valence-corrected chi connectivity index (χ3v) is 4.08. The van der Waals surface area contributed by atoms with Gasteiger partial charge in [0, 0.05) is 10.0 Å². The molecule has 7 heteroatoms. The third-order valence-electron chi connectivity index (χ3n) is 3.55. The minimum atomic E-state index is -0.405. The predicted octanol–water partition coefficient (Wildman–Crippen LogP) is 4.13. The molecular formula is C18H14BrFN4O. The van der Waals surface area contributed by atoms with Gasteiger partial charge < -0.3 is 0 Å². The second-order valence-electron chi connectivity index (χ2n) is 5.32. The fourth-order valence-corrected chi connectivity index (χ4v) is 2.42. The zero-order chi connectivity index (χ0) is 17.8. The molecule has 0 fully saturated rings. The van der Waals surface area contributed by atoms with Crippen LogP contribution in [0.25, 0.3) is 11.3 Å². The van der Waals surface area contributed by atoms with Crippen LogP contribution in [0.2, 0.25) is 0 Å². The zero-order valence-corrected chi connectivity index (χ0v) is 14.8. The van der Waals surface area contributed by atoms with Crippen LogP contribution in [0.15, 0.2) is 64.2 Å². The molecule has 0 radical (unpaired) electrons. The number of hydrogen-bond acceptors (Lipinski definition) is 3. The average Bonchev–Trinajstić information content (AvgIpc) is 3.11. The molecule has 3 rings (SSSR count). The van der Waals surface area contributed by atoms with Gasteiger partial charge in [-0.25, -0.2) is 9.82 Å². The van der Waals surface area contributed by atoms with Gasteiger partial charge in [0.05, 0.1) is 11.4 Å². The van der Waals surface area contributed by atoms with Crippen molar-refractivity contribution in [2.24, 2.45) is 5.10 Å². The number of aromatic nitrogens is 2. The number of hydrazone groups is 1. The van der Waals surface area contributed by atoms with Gasteiger partial charge in [0.25, 0.3) is 5.91 Å². The normalized spacial score (nSPS) is 11.4. The van der Waals surface area contributed by atoms with E-state index in [2.05, 4.69) is 36.7 Å². The predicted molar refractivity (Wildman–Crippen MR) is 97.8 cm³/mol. The van der Waals surface area contributed by atoms with Gasteiger partial charge in [-0.15, -0.1) is 0 Å². The average molecular weight is 401 g/mol. The highest BCUT2D eigenvalue weighted by atomic mass is 79.9. The molecule has 0 aliphatic heterocycles. The van der Waals surface area contributed by atoms with Crippen LogP contribution in [-0.2, 0) is 0 Å². The summed E-state index contributed by atoms with van der Waals surface area (Å²) in [7, 11) is 0. The number of rotatable bonds is 4. The molecule has 25 heavy (non-hydrogen) atoms. The van der Waals surface area contributed by atoms with E-state index in [0.29, 0.717) is 17.0 Å². The SMILES string of the molecule is CC(=NNC(=O)c1cc(-c2ccc(F)cc2)n[nH]1)c1ccc(Br)cc1. The molecule has 2 N–H and O–H groups in total. The lowest BCUT2D eigenvalue weighted by molar-refractivity contribution is 0.0950. The molecule has 1 aromatic heterocycles. The first-order chi connectivity index (χ1) is 12.0. The van der Waals surface area contributed by atoms with E-state index in [1.54, 1.807) is 25.1 Å². The summed E-state index contributed by atoms with van der Waals surface area (Å²) in [4.78, 5) is 12.2. The van der Waals surface area contributed by atoms with E-state index in [0.717, 1.165) is 10.0 Å². The number of nitrogens with one attached hydrogen (secondary N) is 2. The van der Waals surface area contributed by atoms with Crippen molar-refractivity contribution in [3.05, 3.63) is 76.1 Å². The molecule has 0 aliphatic rings. The van der Waals surface area contributed by atoms with Gasteiger partial charge in [-0.1, -0.05) is 28.1 Å². The first-order valence-corrected chi connectivity index (χ1v) is 8.24. The highest BCUT2D eigenvalue weighted by Crippen LogP contribution is 2.18. The van der Waals surface area contributed by atoms with Crippen molar-refractivity contribution in [2.45, 2.75) is 6.92 Å². The van der Waals surface area contributed by atoms with Crippen molar-refractivity contribution in [3.63, 3.8) is 0 Å². The second kappa shape index (κ2) is 7.40. The second-order valence-corrected chi connectivity index (χ2v) is 6.23. The number of carbonyl (C=O) groups excluding carboxylic acids is 1. The summed E-state index contributed by atoms with van der Waals surface area (Å²) in [5.74, 6) is -0.729. The number of H-pyrrole nitrogens is 1. The lowest BCUT2D eigenvalue weighted by atomic mass is 10.1. The number of carbonyl (C=O) groups is 1. The van der Waals surface area contributed by atoms with Crippen molar-refractivity contribution in [1.82, 2.24) is 15.6 Å². The molecule has 1 heterocycles. The van der Waals surface area contributed by atoms with Crippen molar-refractivity contribution in [2.75, 3.05) is 0 Å². The fourth-order valence-electron chi connectivity index (χ4n) is 2.16. The number of hydrogen-bond donors (Lipinski definition) is 2. The van der Waals surface area contributed by atoms with E-state index < -0.39 is 5.91 Å². The van der Waals surface area contributed by atoms with Gasteiger partial charge in [0.2, 0.25) is 0 Å². The minimum Gasteiger partial charge on any atom is -0.272 e. The molecule has 2 aromatic carbocycles. The smallest absolute Gasteiger partial charge is 0.272 e. The summed E-state index contributed by atoms with van der Waals surface area (Å²) in [5.41, 5.74) is 5.61. The van der Waals surface area contributed by atoms with Crippen LogP contribution in [0.1, 0.15) is 23.0 Å². The number of aromatic amines is 1. The van der Waals surface area contributed by atoms with E-state index in [1.807, 2.05) is 24.3 Å². The van der Waals surface area contributed by atoms with Crippen molar-refractivity contribution in [1.29, 1.82) is 0 Å². The molecular weight excluding hydrogens is 387 g/mol. The molecule has 5 nitrogen and oxygen atoms in total. The quantitative estimate of drug-likeness (QED) is 0.510. The van der Waals surface area contributed by atoms with Crippen molar-refractivity contribution in [3.8, 4) is 11.3 Å². The first-order valence-electron chi connectivity index (χ1n) is 7.45. The van der Waals surface area contributed by atoms with Crippen LogP contribution in [0.4, 0.5) is 4.39 Å². The third kappa shape index (κ3) is 4.19. The maximum absolute atomic E-state index is 13.0. The Morgan fingerprint density at radius 1 is 1.16 bits per heavy atom. The summed E-state index contributed by atoms with van der Waals surface area (Å²) in [6, 6.07) is 15.1. The largest absolute Gasteiger partial charge is 0.289 e. The summed E-state index contributed by atoms with van der Waals surface area (Å²) in [6.07, 6.45) is 0. The summed E-state index contributed by atoms with van der Waals surface area (Å²) >= 11 is 3.37. The maximum atomic E-state index is 13.0. The molecule has 0 unspecified atom stereocenters. The molecule has 1 amide bonds. The molecule has 126 valence electrons. The van der Waals surface area contributed by atoms with E-state index in [1.165, 1.54) is 12.1 Å². The molecule has 0 spiro atoms. The molecule has 3 aromatic rings. The van der Waals surface area contributed by atoms with Gasteiger partial charge >= 0.3 is 0 Å². The molecule has 0 atom stereocenters. The lowest BCUT2D eigenvalue weighted by Gasteiger charge is -2.02. The van der Waals surface area contributed by atoms with E-state index in [4.69, 9.17) is 0 Å². The van der Waals surface area contributed by atoms with E-state index >= 15 is 0 Å². The van der Waals surface area contributed by atoms with E-state index in [-0.39, 0.29) is 11.5 Å². The molecule has 0 bridgehead atoms. The molecule has 0 aliphatic carbocycles. The first kappa shape index (κ1) is 17.0. The number of halogens is 2. The minimum absolute atomic E-state index is 0.270. The summed E-state index contributed by atoms with van der Waals surface area (Å²) < 4.78 is 13.9. The number of nitrogens with zero attached hydrogens (tertiary/aromatic N) is 2. The lowest BCUT2D eigenvalue weighted by Crippen LogP contribution is -2.19. The van der Waals surface area contributed by atoms with Crippen LogP contribution in [0, 0.1) is 5.82 Å². The van der Waals surface area contributed by atoms with Gasteiger partial charge in [-0.05, 0) is 55.0 Å². The Labute approximate surface area is 152 Å². The maximum Gasteiger partial charge on any atom is 0.289 e. The zero-order valence-electron chi connectivity index (χ0n) is 13.3. The fraction of sp³-hybridized carbons (Fsp3) is 0.0556. The topological polar surface area (TPSA) is 70.1 Å². The Bertz CT molecular complexity index is 917. The summed E-state index contributed by atoms with van der Waals surface area (Å²) in [6.45, 7) is 1.81. The van der Waals surface area contributed by atoms with Crippen LogP contribution in [-0.4, -0.2) is 21.8 Å². The van der Waals surface area contributed by atoms with E-state index in [9.17, 15) is 9.18 Å². The van der Waals surface area contributed by atoms with Gasteiger partial charge in [-0.3, -0.25) is 9.89 Å². The Morgan fingerprint density at radius 2 is 1.84 bits per heavy atom. The Balaban J connectivity index is 1.70. The van der Waals surface area contributed by atoms with Crippen molar-refractivity contribution < 1.29 is 9.18 Å². The highest BCUT2D eigenvalue weighted by Gasteiger charge is 2.11. The van der Waals surface area contributed by atoms with Gasteiger partial charge in [-0.2, -0.15) is 10.2 Å². The summed E-state index contributed by atoms with van der Waals surface area (Å²) in [5, 5.41) is 10.8. The van der Waals surface area contributed by atoms with Gasteiger partial charge in [0.1, 0.15) is 11.5 Å². The Kier molecular flexibility index (Phi) is 5.04. The van der Waals surface area contributed by atoms with Crippen LogP contribution in [0.3, 0.4) is 0 Å². The highest BCUT2D eigenvalue weighted by molar-refractivity contribution is 9.10. The standard InChI is InChI=1S/C18H14BrFN4O/c1-11(12-2-6-14(19)7-3-12)21-24-18(25)17-10-16(22-23-17)13-4-8-15(20)9-5-13/h2-10H,1H3,(H,22,23)(H,24,25). The molecule has 0 saturated carbocycles. The Hall–Kier alpha value is -2.80. The van der Waals surface area contributed by atoms with Gasteiger partial charge in [0.15, 0.2) is 0 Å². The van der Waals surface area contributed by atoms with Crippen LogP contribution < -0.4 is 5.43 Å².